The first-order valence-corrected chi connectivity index (χ1v) is 6.05. The second kappa shape index (κ2) is 5.47. The number of nitrogens with zero attached hydrogens (tertiary/aromatic N) is 1. The Labute approximate surface area is 105 Å². The summed E-state index contributed by atoms with van der Waals surface area (Å²) >= 11 is 5.63. The molecular weight excluding hydrogens is 243 g/mol. The summed E-state index contributed by atoms with van der Waals surface area (Å²) < 4.78 is 13.5. The van der Waals surface area contributed by atoms with Crippen molar-refractivity contribution < 1.29 is 9.18 Å². The molecular formula is C12H14ClFN2O. The minimum atomic E-state index is -0.591. The van der Waals surface area contributed by atoms with Crippen LogP contribution >= 0.6 is 11.6 Å². The van der Waals surface area contributed by atoms with Crippen molar-refractivity contribution in [2.45, 2.75) is 19.3 Å². The number of halogens is 2. The van der Waals surface area contributed by atoms with Gasteiger partial charge in [-0.2, -0.15) is 0 Å². The molecule has 2 rings (SSSR count). The average Bonchev–Trinajstić information content (AvgIpc) is 2.30. The van der Waals surface area contributed by atoms with Crippen molar-refractivity contribution in [3.05, 3.63) is 34.6 Å². The predicted molar refractivity (Wildman–Crippen MR) is 64.3 cm³/mol. The molecule has 17 heavy (non-hydrogen) atoms. The van der Waals surface area contributed by atoms with E-state index in [2.05, 4.69) is 5.43 Å². The van der Waals surface area contributed by atoms with Gasteiger partial charge in [-0.15, -0.1) is 0 Å². The van der Waals surface area contributed by atoms with Crippen LogP contribution in [-0.4, -0.2) is 24.0 Å². The van der Waals surface area contributed by atoms with Gasteiger partial charge in [0.05, 0.1) is 5.56 Å². The van der Waals surface area contributed by atoms with E-state index in [1.54, 1.807) is 0 Å². The first kappa shape index (κ1) is 12.3. The summed E-state index contributed by atoms with van der Waals surface area (Å²) in [6, 6.07) is 4.05. The second-order valence-electron chi connectivity index (χ2n) is 4.11. The monoisotopic (exact) mass is 256 g/mol. The molecule has 1 aliphatic heterocycles. The molecule has 0 aliphatic carbocycles. The molecule has 1 saturated heterocycles. The summed E-state index contributed by atoms with van der Waals surface area (Å²) in [6.45, 7) is 1.64. The lowest BCUT2D eigenvalue weighted by molar-refractivity contribution is 0.0746. The van der Waals surface area contributed by atoms with E-state index in [-0.39, 0.29) is 10.6 Å². The van der Waals surface area contributed by atoms with Crippen molar-refractivity contribution in [2.75, 3.05) is 13.1 Å². The van der Waals surface area contributed by atoms with Gasteiger partial charge >= 0.3 is 0 Å². The summed E-state index contributed by atoms with van der Waals surface area (Å²) in [5.41, 5.74) is 2.73. The third-order valence-corrected chi connectivity index (χ3v) is 3.03. The van der Waals surface area contributed by atoms with Crippen LogP contribution in [-0.2, 0) is 0 Å². The van der Waals surface area contributed by atoms with Crippen molar-refractivity contribution in [2.24, 2.45) is 0 Å². The number of rotatable bonds is 2. The van der Waals surface area contributed by atoms with Crippen LogP contribution in [0.15, 0.2) is 18.2 Å². The normalized spacial score (nSPS) is 16.8. The first-order chi connectivity index (χ1) is 8.16. The molecule has 5 heteroatoms. The molecule has 0 spiro atoms. The smallest absolute Gasteiger partial charge is 0.268 e. The molecule has 0 unspecified atom stereocenters. The Hall–Kier alpha value is -1.13. The SMILES string of the molecule is O=C(NN1CCCCC1)c1ccc(Cl)cc1F. The van der Waals surface area contributed by atoms with Gasteiger partial charge in [-0.3, -0.25) is 10.2 Å². The number of carbonyl (C=O) groups excluding carboxylic acids is 1. The topological polar surface area (TPSA) is 32.3 Å². The number of hydrazine groups is 1. The van der Waals surface area contributed by atoms with Gasteiger partial charge in [0, 0.05) is 18.1 Å². The number of hydrogen-bond acceptors (Lipinski definition) is 2. The highest BCUT2D eigenvalue weighted by atomic mass is 35.5. The van der Waals surface area contributed by atoms with Crippen molar-refractivity contribution in [3.8, 4) is 0 Å². The molecule has 1 N–H and O–H groups in total. The molecule has 0 aromatic heterocycles. The lowest BCUT2D eigenvalue weighted by atomic mass is 10.1. The van der Waals surface area contributed by atoms with E-state index in [0.717, 1.165) is 32.0 Å². The van der Waals surface area contributed by atoms with Gasteiger partial charge in [0.2, 0.25) is 0 Å². The zero-order valence-electron chi connectivity index (χ0n) is 9.38. The van der Waals surface area contributed by atoms with Gasteiger partial charge in [-0.1, -0.05) is 18.0 Å². The standard InChI is InChI=1S/C12H14ClFN2O/c13-9-4-5-10(11(14)8-9)12(17)15-16-6-2-1-3-7-16/h4-5,8H,1-3,6-7H2,(H,15,17). The van der Waals surface area contributed by atoms with E-state index >= 15 is 0 Å². The predicted octanol–water partition coefficient (Wildman–Crippen LogP) is 2.61. The van der Waals surface area contributed by atoms with Crippen LogP contribution in [0.5, 0.6) is 0 Å². The fraction of sp³-hybridized carbons (Fsp3) is 0.417. The molecule has 1 heterocycles. The maximum absolute atomic E-state index is 13.5. The van der Waals surface area contributed by atoms with Crippen molar-refractivity contribution in [1.29, 1.82) is 0 Å². The van der Waals surface area contributed by atoms with E-state index in [1.807, 2.05) is 5.01 Å². The van der Waals surface area contributed by atoms with E-state index < -0.39 is 11.7 Å². The second-order valence-corrected chi connectivity index (χ2v) is 4.55. The highest BCUT2D eigenvalue weighted by Crippen LogP contribution is 2.15. The highest BCUT2D eigenvalue weighted by Gasteiger charge is 2.16. The van der Waals surface area contributed by atoms with Crippen molar-refractivity contribution in [3.63, 3.8) is 0 Å². The van der Waals surface area contributed by atoms with Crippen LogP contribution in [0, 0.1) is 5.82 Å². The molecule has 0 radical (unpaired) electrons. The van der Waals surface area contributed by atoms with Crippen LogP contribution in [0.25, 0.3) is 0 Å². The molecule has 1 aliphatic rings. The van der Waals surface area contributed by atoms with Crippen LogP contribution < -0.4 is 5.43 Å². The largest absolute Gasteiger partial charge is 0.285 e. The van der Waals surface area contributed by atoms with Crippen molar-refractivity contribution >= 4 is 17.5 Å². The molecule has 0 bridgehead atoms. The molecule has 0 atom stereocenters. The van der Waals surface area contributed by atoms with Gasteiger partial charge in [0.1, 0.15) is 5.82 Å². The zero-order chi connectivity index (χ0) is 12.3. The number of carbonyl (C=O) groups is 1. The van der Waals surface area contributed by atoms with Gasteiger partial charge < -0.3 is 0 Å². The number of nitrogens with one attached hydrogen (secondary N) is 1. The highest BCUT2D eigenvalue weighted by molar-refractivity contribution is 6.30. The Morgan fingerprint density at radius 3 is 2.65 bits per heavy atom. The molecule has 1 fully saturated rings. The molecule has 92 valence electrons. The fourth-order valence-corrected chi connectivity index (χ4v) is 2.04. The Morgan fingerprint density at radius 2 is 2.00 bits per heavy atom. The molecule has 1 aromatic rings. The Kier molecular flexibility index (Phi) is 3.97. The van der Waals surface area contributed by atoms with Crippen LogP contribution in [0.1, 0.15) is 29.6 Å². The Morgan fingerprint density at radius 1 is 1.29 bits per heavy atom. The number of amides is 1. The molecule has 1 amide bonds. The van der Waals surface area contributed by atoms with Crippen LogP contribution in [0.2, 0.25) is 5.02 Å². The Balaban J connectivity index is 2.03. The third kappa shape index (κ3) is 3.17. The zero-order valence-corrected chi connectivity index (χ0v) is 10.1. The number of piperidine rings is 1. The molecule has 3 nitrogen and oxygen atoms in total. The van der Waals surface area contributed by atoms with Crippen molar-refractivity contribution in [1.82, 2.24) is 10.4 Å². The van der Waals surface area contributed by atoms with Gasteiger partial charge in [0.15, 0.2) is 0 Å². The minimum Gasteiger partial charge on any atom is -0.285 e. The quantitative estimate of drug-likeness (QED) is 0.882. The molecule has 1 aromatic carbocycles. The van der Waals surface area contributed by atoms with Crippen LogP contribution in [0.4, 0.5) is 4.39 Å². The summed E-state index contributed by atoms with van der Waals surface area (Å²) in [6.07, 6.45) is 3.30. The van der Waals surface area contributed by atoms with Gasteiger partial charge in [-0.05, 0) is 31.0 Å². The maximum atomic E-state index is 13.5. The van der Waals surface area contributed by atoms with Gasteiger partial charge in [0.25, 0.3) is 5.91 Å². The lowest BCUT2D eigenvalue weighted by Gasteiger charge is -2.26. The maximum Gasteiger partial charge on any atom is 0.268 e. The number of hydrogen-bond donors (Lipinski definition) is 1. The van der Waals surface area contributed by atoms with E-state index in [1.165, 1.54) is 18.6 Å². The van der Waals surface area contributed by atoms with E-state index in [0.29, 0.717) is 0 Å². The summed E-state index contributed by atoms with van der Waals surface area (Å²) in [5, 5.41) is 2.12. The Bertz CT molecular complexity index is 419. The first-order valence-electron chi connectivity index (χ1n) is 5.68. The third-order valence-electron chi connectivity index (χ3n) is 2.79. The van der Waals surface area contributed by atoms with E-state index in [9.17, 15) is 9.18 Å². The molecule has 0 saturated carbocycles. The van der Waals surface area contributed by atoms with Gasteiger partial charge in [-0.25, -0.2) is 9.40 Å². The fourth-order valence-electron chi connectivity index (χ4n) is 1.88. The minimum absolute atomic E-state index is 0.0278. The lowest BCUT2D eigenvalue weighted by Crippen LogP contribution is -2.45. The summed E-state index contributed by atoms with van der Waals surface area (Å²) in [4.78, 5) is 11.8. The number of benzene rings is 1. The summed E-state index contributed by atoms with van der Waals surface area (Å²) in [7, 11) is 0. The average molecular weight is 257 g/mol. The van der Waals surface area contributed by atoms with E-state index in [4.69, 9.17) is 11.6 Å². The van der Waals surface area contributed by atoms with Crippen LogP contribution in [0.3, 0.4) is 0 Å². The summed E-state index contributed by atoms with van der Waals surface area (Å²) in [5.74, 6) is -1.01.